The molecule has 3 N–H and O–H groups in total. The van der Waals surface area contributed by atoms with Crippen LogP contribution in [0.15, 0.2) is 48.8 Å². The minimum Gasteiger partial charge on any atom is -0.495 e. The fourth-order valence-electron chi connectivity index (χ4n) is 3.87. The Kier molecular flexibility index (Phi) is 8.18. The molecule has 0 saturated carbocycles. The van der Waals surface area contributed by atoms with Gasteiger partial charge in [0, 0.05) is 67.9 Å². The summed E-state index contributed by atoms with van der Waals surface area (Å²) < 4.78 is 23.4. The topological polar surface area (TPSA) is 122 Å². The molecule has 0 radical (unpaired) electrons. The number of anilines is 2. The maximum Gasteiger partial charge on any atom is 0.254 e. The van der Waals surface area contributed by atoms with E-state index in [1.807, 2.05) is 6.07 Å². The van der Waals surface area contributed by atoms with E-state index in [0.717, 1.165) is 5.39 Å². The zero-order valence-electron chi connectivity index (χ0n) is 21.7. The predicted octanol–water partition coefficient (Wildman–Crippen LogP) is 4.11. The van der Waals surface area contributed by atoms with Gasteiger partial charge in [-0.05, 0) is 48.7 Å². The summed E-state index contributed by atoms with van der Waals surface area (Å²) in [6.07, 6.45) is 4.56. The first kappa shape index (κ1) is 27.0. The van der Waals surface area contributed by atoms with Crippen LogP contribution < -0.4 is 15.4 Å². The lowest BCUT2D eigenvalue weighted by molar-refractivity contribution is -0.219. The zero-order valence-corrected chi connectivity index (χ0v) is 21.7. The van der Waals surface area contributed by atoms with Crippen LogP contribution >= 0.6 is 0 Å². The monoisotopic (exact) mass is 522 g/mol. The van der Waals surface area contributed by atoms with Crippen LogP contribution in [0.3, 0.4) is 0 Å². The Labute approximate surface area is 220 Å². The van der Waals surface area contributed by atoms with Crippen LogP contribution in [0.4, 0.5) is 16.0 Å². The number of fused-ring (bicyclic) bond motifs is 1. The number of benzene rings is 1. The van der Waals surface area contributed by atoms with Gasteiger partial charge in [0.15, 0.2) is 0 Å². The van der Waals surface area contributed by atoms with Crippen molar-refractivity contribution in [2.75, 3.05) is 39.2 Å². The standard InChI is InChI=1S/C27H31FN6O4/c1-27(2,38-28)16-30-12-19(11-29)21-7-6-18-13-31-25(10-23(18)32-21)33-22-8-5-17(9-24(22)37-4)26(35)34-14-20(15-34)36-3/h5-13,20,29-30H,14-16H2,1-4H3,(H,31,33)/b19-12+,29-11?. The van der Waals surface area contributed by atoms with Crippen LogP contribution in [-0.2, 0) is 9.68 Å². The first-order valence-corrected chi connectivity index (χ1v) is 12.0. The van der Waals surface area contributed by atoms with Crippen LogP contribution in [0.5, 0.6) is 5.75 Å². The summed E-state index contributed by atoms with van der Waals surface area (Å²) in [5.74, 6) is 0.961. The molecule has 1 aliphatic rings. The van der Waals surface area contributed by atoms with Gasteiger partial charge >= 0.3 is 0 Å². The lowest BCUT2D eigenvalue weighted by atomic mass is 10.1. The molecule has 1 saturated heterocycles. The van der Waals surface area contributed by atoms with Gasteiger partial charge in [0.25, 0.3) is 5.91 Å². The third-order valence-electron chi connectivity index (χ3n) is 6.20. The smallest absolute Gasteiger partial charge is 0.254 e. The van der Waals surface area contributed by atoms with Crippen LogP contribution in [0, 0.1) is 5.41 Å². The van der Waals surface area contributed by atoms with Gasteiger partial charge in [-0.15, -0.1) is 0 Å². The number of carbonyl (C=O) groups is 1. The zero-order chi connectivity index (χ0) is 27.3. The van der Waals surface area contributed by atoms with Crippen molar-refractivity contribution in [3.8, 4) is 5.75 Å². The van der Waals surface area contributed by atoms with Crippen molar-refractivity contribution in [2.45, 2.75) is 25.6 Å². The van der Waals surface area contributed by atoms with E-state index in [1.54, 1.807) is 75.7 Å². The van der Waals surface area contributed by atoms with Crippen LogP contribution in [-0.4, -0.2) is 72.5 Å². The van der Waals surface area contributed by atoms with E-state index in [0.29, 0.717) is 52.7 Å². The Bertz CT molecular complexity index is 1360. The summed E-state index contributed by atoms with van der Waals surface area (Å²) in [5.41, 5.74) is 1.93. The maximum atomic E-state index is 12.7. The molecule has 0 unspecified atom stereocenters. The Morgan fingerprint density at radius 3 is 2.71 bits per heavy atom. The molecule has 1 aliphatic heterocycles. The number of nitrogens with zero attached hydrogens (tertiary/aromatic N) is 3. The molecule has 1 fully saturated rings. The summed E-state index contributed by atoms with van der Waals surface area (Å²) >= 11 is 0. The maximum absolute atomic E-state index is 12.7. The van der Waals surface area contributed by atoms with E-state index in [2.05, 4.69) is 25.5 Å². The quantitative estimate of drug-likeness (QED) is 0.322. The van der Waals surface area contributed by atoms with Crippen molar-refractivity contribution in [1.82, 2.24) is 20.2 Å². The number of rotatable bonds is 11. The summed E-state index contributed by atoms with van der Waals surface area (Å²) in [6.45, 7) is 4.57. The highest BCUT2D eigenvalue weighted by atomic mass is 19.3. The predicted molar refractivity (Wildman–Crippen MR) is 144 cm³/mol. The largest absolute Gasteiger partial charge is 0.495 e. The van der Waals surface area contributed by atoms with E-state index >= 15 is 0 Å². The molecular formula is C27H31FN6O4. The molecule has 0 atom stereocenters. The van der Waals surface area contributed by atoms with Gasteiger partial charge in [0.2, 0.25) is 0 Å². The summed E-state index contributed by atoms with van der Waals surface area (Å²) in [4.78, 5) is 27.5. The van der Waals surface area contributed by atoms with Gasteiger partial charge < -0.3 is 30.4 Å². The lowest BCUT2D eigenvalue weighted by Gasteiger charge is -2.38. The molecule has 2 aromatic heterocycles. The van der Waals surface area contributed by atoms with Crippen LogP contribution in [0.25, 0.3) is 16.5 Å². The molecule has 1 amide bonds. The summed E-state index contributed by atoms with van der Waals surface area (Å²) in [6, 6.07) is 10.7. The van der Waals surface area contributed by atoms with Crippen molar-refractivity contribution in [3.05, 3.63) is 60.1 Å². The Morgan fingerprint density at radius 1 is 1.24 bits per heavy atom. The number of aromatic nitrogens is 2. The van der Waals surface area contributed by atoms with Gasteiger partial charge in [-0.1, -0.05) is 0 Å². The molecule has 0 spiro atoms. The molecule has 200 valence electrons. The lowest BCUT2D eigenvalue weighted by Crippen LogP contribution is -2.54. The van der Waals surface area contributed by atoms with Crippen molar-refractivity contribution in [3.63, 3.8) is 0 Å². The molecular weight excluding hydrogens is 491 g/mol. The minimum atomic E-state index is -0.999. The van der Waals surface area contributed by atoms with Crippen molar-refractivity contribution in [2.24, 2.45) is 0 Å². The van der Waals surface area contributed by atoms with E-state index in [4.69, 9.17) is 14.9 Å². The number of hydrogen-bond acceptors (Lipinski definition) is 9. The Morgan fingerprint density at radius 2 is 2.03 bits per heavy atom. The van der Waals surface area contributed by atoms with E-state index < -0.39 is 5.60 Å². The van der Waals surface area contributed by atoms with Gasteiger partial charge in [-0.3, -0.25) is 4.79 Å². The Balaban J connectivity index is 1.52. The molecule has 3 heterocycles. The highest BCUT2D eigenvalue weighted by molar-refractivity contribution is 6.08. The van der Waals surface area contributed by atoms with Gasteiger partial charge in [-0.25, -0.2) is 9.97 Å². The van der Waals surface area contributed by atoms with Crippen LogP contribution in [0.1, 0.15) is 29.9 Å². The number of carbonyl (C=O) groups excluding carboxylic acids is 1. The van der Waals surface area contributed by atoms with Crippen molar-refractivity contribution >= 4 is 40.1 Å². The number of methoxy groups -OCH3 is 2. The number of likely N-dealkylation sites (tertiary alicyclic amines) is 1. The number of allylic oxidation sites excluding steroid dienone is 1. The molecule has 4 rings (SSSR count). The fraction of sp³-hybridized carbons (Fsp3) is 0.333. The highest BCUT2D eigenvalue weighted by Crippen LogP contribution is 2.30. The SMILES string of the molecule is COc1cc(C(=O)N2CC(OC)C2)ccc1Nc1cc2nc(/C(C=N)=C/NCC(C)(C)OF)ccc2cn1. The molecule has 38 heavy (non-hydrogen) atoms. The number of hydrogen-bond donors (Lipinski definition) is 3. The van der Waals surface area contributed by atoms with Crippen molar-refractivity contribution < 1.29 is 23.7 Å². The second kappa shape index (κ2) is 11.5. The number of halogens is 1. The number of ether oxygens (including phenoxy) is 2. The third kappa shape index (κ3) is 6.06. The highest BCUT2D eigenvalue weighted by Gasteiger charge is 2.31. The number of amides is 1. The number of nitrogens with one attached hydrogen (secondary N) is 3. The molecule has 0 aliphatic carbocycles. The molecule has 11 heteroatoms. The molecule has 0 bridgehead atoms. The average molecular weight is 523 g/mol. The average Bonchev–Trinajstić information content (AvgIpc) is 2.90. The second-order valence-corrected chi connectivity index (χ2v) is 9.53. The van der Waals surface area contributed by atoms with Gasteiger partial charge in [0.05, 0.1) is 30.1 Å². The van der Waals surface area contributed by atoms with E-state index in [9.17, 15) is 9.32 Å². The van der Waals surface area contributed by atoms with E-state index in [-0.39, 0.29) is 18.6 Å². The van der Waals surface area contributed by atoms with Crippen LogP contribution in [0.2, 0.25) is 0 Å². The molecule has 10 nitrogen and oxygen atoms in total. The summed E-state index contributed by atoms with van der Waals surface area (Å²) in [7, 11) is 3.18. The van der Waals surface area contributed by atoms with E-state index in [1.165, 1.54) is 6.21 Å². The first-order chi connectivity index (χ1) is 18.3. The Hall–Kier alpha value is -4.09. The first-order valence-electron chi connectivity index (χ1n) is 12.0. The third-order valence-corrected chi connectivity index (χ3v) is 6.20. The van der Waals surface area contributed by atoms with Crippen molar-refractivity contribution in [1.29, 1.82) is 5.41 Å². The normalized spacial score (nSPS) is 14.2. The second-order valence-electron chi connectivity index (χ2n) is 9.53. The van der Waals surface area contributed by atoms with Gasteiger partial charge in [0.1, 0.15) is 17.2 Å². The molecule has 1 aromatic carbocycles. The number of pyridine rings is 2. The summed E-state index contributed by atoms with van der Waals surface area (Å²) in [5, 5.41) is 14.8. The minimum absolute atomic E-state index is 0.0750. The fourth-order valence-corrected chi connectivity index (χ4v) is 3.87. The van der Waals surface area contributed by atoms with Gasteiger partial charge in [-0.2, -0.15) is 4.94 Å². The molecule has 3 aromatic rings.